The normalized spacial score (nSPS) is 11.4. The second kappa shape index (κ2) is 4.86. The third-order valence-corrected chi connectivity index (χ3v) is 4.10. The third-order valence-electron chi connectivity index (χ3n) is 2.44. The van der Waals surface area contributed by atoms with Crippen LogP contribution in [0.25, 0.3) is 0 Å². The predicted molar refractivity (Wildman–Crippen MR) is 62.5 cm³/mol. The van der Waals surface area contributed by atoms with E-state index >= 15 is 0 Å². The van der Waals surface area contributed by atoms with Crippen LogP contribution in [0.4, 0.5) is 8.78 Å². The topological polar surface area (TPSA) is 34.1 Å². The van der Waals surface area contributed by atoms with Crippen LogP contribution in [0.1, 0.15) is 5.56 Å². The number of sulfone groups is 1. The minimum atomic E-state index is -3.76. The molecular formula is C13H9F2O2S. The SMILES string of the molecule is O=S(=O)(Cc1c(F)cccc1F)c1cc[c]cc1. The van der Waals surface area contributed by atoms with Crippen molar-refractivity contribution in [2.45, 2.75) is 10.6 Å². The Bertz CT molecular complexity index is 632. The summed E-state index contributed by atoms with van der Waals surface area (Å²) in [6.45, 7) is 0. The van der Waals surface area contributed by atoms with Gasteiger partial charge in [-0.05, 0) is 30.3 Å². The number of benzene rings is 2. The smallest absolute Gasteiger partial charge is 0.182 e. The van der Waals surface area contributed by atoms with Gasteiger partial charge in [0, 0.05) is 5.56 Å². The van der Waals surface area contributed by atoms with Crippen LogP contribution >= 0.6 is 0 Å². The van der Waals surface area contributed by atoms with Crippen molar-refractivity contribution in [1.29, 1.82) is 0 Å². The molecule has 2 rings (SSSR count). The van der Waals surface area contributed by atoms with Crippen LogP contribution in [0, 0.1) is 17.7 Å². The van der Waals surface area contributed by atoms with E-state index in [0.29, 0.717) is 0 Å². The lowest BCUT2D eigenvalue weighted by Gasteiger charge is -2.06. The van der Waals surface area contributed by atoms with E-state index < -0.39 is 32.8 Å². The number of hydrogen-bond donors (Lipinski definition) is 0. The molecule has 0 unspecified atom stereocenters. The largest absolute Gasteiger partial charge is 0.223 e. The minimum absolute atomic E-state index is 0.0175. The molecule has 0 aromatic heterocycles. The van der Waals surface area contributed by atoms with Crippen molar-refractivity contribution in [3.05, 3.63) is 65.7 Å². The lowest BCUT2D eigenvalue weighted by Crippen LogP contribution is -2.08. The second-order valence-corrected chi connectivity index (χ2v) is 5.68. The highest BCUT2D eigenvalue weighted by molar-refractivity contribution is 7.90. The zero-order valence-corrected chi connectivity index (χ0v) is 10.0. The quantitative estimate of drug-likeness (QED) is 0.857. The van der Waals surface area contributed by atoms with Crippen LogP contribution in [0.2, 0.25) is 0 Å². The molecule has 2 aromatic carbocycles. The van der Waals surface area contributed by atoms with E-state index in [9.17, 15) is 17.2 Å². The van der Waals surface area contributed by atoms with Crippen molar-refractivity contribution >= 4 is 9.84 Å². The molecule has 18 heavy (non-hydrogen) atoms. The van der Waals surface area contributed by atoms with Crippen LogP contribution in [-0.2, 0) is 15.6 Å². The average Bonchev–Trinajstić information content (AvgIpc) is 2.35. The molecule has 0 spiro atoms. The summed E-state index contributed by atoms with van der Waals surface area (Å²) in [6.07, 6.45) is 0. The van der Waals surface area contributed by atoms with Gasteiger partial charge < -0.3 is 0 Å². The fourth-order valence-corrected chi connectivity index (χ4v) is 2.90. The van der Waals surface area contributed by atoms with Gasteiger partial charge >= 0.3 is 0 Å². The molecule has 5 heteroatoms. The first-order valence-corrected chi connectivity index (χ1v) is 6.78. The fourth-order valence-electron chi connectivity index (χ4n) is 1.52. The first-order valence-electron chi connectivity index (χ1n) is 5.12. The van der Waals surface area contributed by atoms with E-state index in [2.05, 4.69) is 6.07 Å². The average molecular weight is 267 g/mol. The number of halogens is 2. The maximum atomic E-state index is 13.4. The van der Waals surface area contributed by atoms with Gasteiger partial charge in [0.05, 0.1) is 10.6 Å². The number of rotatable bonds is 3. The minimum Gasteiger partial charge on any atom is -0.223 e. The molecule has 1 radical (unpaired) electrons. The summed E-state index contributed by atoms with van der Waals surface area (Å²) in [5, 5.41) is 0. The molecule has 0 amide bonds. The van der Waals surface area contributed by atoms with E-state index in [1.807, 2.05) is 0 Å². The van der Waals surface area contributed by atoms with Gasteiger partial charge in [-0.25, -0.2) is 17.2 Å². The molecule has 0 aliphatic heterocycles. The Balaban J connectivity index is 2.41. The molecule has 0 atom stereocenters. The Morgan fingerprint density at radius 1 is 1.00 bits per heavy atom. The summed E-state index contributed by atoms with van der Waals surface area (Å²) in [7, 11) is -3.76. The summed E-state index contributed by atoms with van der Waals surface area (Å²) in [5.74, 6) is -2.42. The van der Waals surface area contributed by atoms with E-state index in [1.54, 1.807) is 0 Å². The lowest BCUT2D eigenvalue weighted by atomic mass is 10.2. The summed E-state index contributed by atoms with van der Waals surface area (Å²) >= 11 is 0. The summed E-state index contributed by atoms with van der Waals surface area (Å²) in [5.41, 5.74) is -0.440. The van der Waals surface area contributed by atoms with Crippen molar-refractivity contribution in [2.75, 3.05) is 0 Å². The van der Waals surface area contributed by atoms with Gasteiger partial charge in [0.15, 0.2) is 9.84 Å². The van der Waals surface area contributed by atoms with Crippen molar-refractivity contribution < 1.29 is 17.2 Å². The van der Waals surface area contributed by atoms with Crippen molar-refractivity contribution in [1.82, 2.24) is 0 Å². The zero-order valence-electron chi connectivity index (χ0n) is 9.23. The van der Waals surface area contributed by atoms with Gasteiger partial charge in [-0.2, -0.15) is 0 Å². The Kier molecular flexibility index (Phi) is 3.43. The molecule has 2 aromatic rings. The molecule has 0 bridgehead atoms. The molecule has 0 fully saturated rings. The van der Waals surface area contributed by atoms with Gasteiger partial charge in [0.1, 0.15) is 11.6 Å². The fraction of sp³-hybridized carbons (Fsp3) is 0.0769. The van der Waals surface area contributed by atoms with Crippen LogP contribution in [0.3, 0.4) is 0 Å². The van der Waals surface area contributed by atoms with Crippen molar-refractivity contribution in [3.63, 3.8) is 0 Å². The predicted octanol–water partition coefficient (Wildman–Crippen LogP) is 2.74. The third kappa shape index (κ3) is 2.56. The molecule has 0 heterocycles. The molecular weight excluding hydrogens is 258 g/mol. The van der Waals surface area contributed by atoms with Crippen molar-refractivity contribution in [2.24, 2.45) is 0 Å². The molecule has 0 saturated carbocycles. The van der Waals surface area contributed by atoms with Gasteiger partial charge in [0.25, 0.3) is 0 Å². The molecule has 0 saturated heterocycles. The Labute approximate surface area is 104 Å². The van der Waals surface area contributed by atoms with Crippen LogP contribution in [0.15, 0.2) is 47.4 Å². The second-order valence-electron chi connectivity index (χ2n) is 3.69. The molecule has 0 N–H and O–H groups in total. The number of hydrogen-bond acceptors (Lipinski definition) is 2. The van der Waals surface area contributed by atoms with Gasteiger partial charge in [-0.15, -0.1) is 0 Å². The van der Waals surface area contributed by atoms with Gasteiger partial charge in [0.2, 0.25) is 0 Å². The Morgan fingerprint density at radius 2 is 1.56 bits per heavy atom. The molecule has 0 aliphatic carbocycles. The molecule has 2 nitrogen and oxygen atoms in total. The van der Waals surface area contributed by atoms with Crippen LogP contribution < -0.4 is 0 Å². The monoisotopic (exact) mass is 267 g/mol. The van der Waals surface area contributed by atoms with E-state index in [0.717, 1.165) is 12.1 Å². The summed E-state index contributed by atoms with van der Waals surface area (Å²) in [4.78, 5) is 0.0175. The van der Waals surface area contributed by atoms with Crippen LogP contribution in [-0.4, -0.2) is 8.42 Å². The zero-order chi connectivity index (χ0) is 13.2. The highest BCUT2D eigenvalue weighted by Crippen LogP contribution is 2.20. The van der Waals surface area contributed by atoms with E-state index in [-0.39, 0.29) is 4.90 Å². The van der Waals surface area contributed by atoms with E-state index in [1.165, 1.54) is 30.3 Å². The van der Waals surface area contributed by atoms with Crippen molar-refractivity contribution in [3.8, 4) is 0 Å². The highest BCUT2D eigenvalue weighted by atomic mass is 32.2. The molecule has 0 aliphatic rings. The van der Waals surface area contributed by atoms with Gasteiger partial charge in [-0.1, -0.05) is 18.2 Å². The first kappa shape index (κ1) is 12.7. The van der Waals surface area contributed by atoms with Gasteiger partial charge in [-0.3, -0.25) is 0 Å². The van der Waals surface area contributed by atoms with Crippen LogP contribution in [0.5, 0.6) is 0 Å². The maximum Gasteiger partial charge on any atom is 0.182 e. The first-order chi connectivity index (χ1) is 8.50. The highest BCUT2D eigenvalue weighted by Gasteiger charge is 2.19. The summed E-state index contributed by atoms with van der Waals surface area (Å²) < 4.78 is 50.7. The maximum absolute atomic E-state index is 13.4. The lowest BCUT2D eigenvalue weighted by molar-refractivity contribution is 0.556. The summed E-state index contributed by atoms with van der Waals surface area (Å²) in [6, 6.07) is 11.5. The Morgan fingerprint density at radius 3 is 2.11 bits per heavy atom. The standard InChI is InChI=1S/C13H9F2O2S/c14-12-7-4-8-13(15)11(12)9-18(16,17)10-5-2-1-3-6-10/h2-8H,9H2. The Hall–Kier alpha value is -1.75. The molecule has 93 valence electrons. The van der Waals surface area contributed by atoms with E-state index in [4.69, 9.17) is 0 Å².